The predicted octanol–water partition coefficient (Wildman–Crippen LogP) is 3.51. The number of rotatable bonds is 3. The van der Waals surface area contributed by atoms with Gasteiger partial charge in [-0.15, -0.1) is 0 Å². The first-order valence-electron chi connectivity index (χ1n) is 9.70. The molecule has 4 rings (SSSR count). The van der Waals surface area contributed by atoms with Crippen LogP contribution in [0.25, 0.3) is 11.1 Å². The smallest absolute Gasteiger partial charge is 0.321 e. The van der Waals surface area contributed by atoms with Crippen molar-refractivity contribution in [2.75, 3.05) is 32.1 Å². The van der Waals surface area contributed by atoms with Gasteiger partial charge in [-0.3, -0.25) is 0 Å². The highest BCUT2D eigenvalue weighted by atomic mass is 16.5. The zero-order valence-electron chi connectivity index (χ0n) is 16.1. The summed E-state index contributed by atoms with van der Waals surface area (Å²) in [5.74, 6) is 0.820. The number of piperidine rings is 1. The molecule has 0 saturated carbocycles. The van der Waals surface area contributed by atoms with Gasteiger partial charge < -0.3 is 24.8 Å². The number of nitrogens with zero attached hydrogens (tertiary/aromatic N) is 1. The van der Waals surface area contributed by atoms with E-state index in [9.17, 15) is 9.90 Å². The Kier molecular flexibility index (Phi) is 5.24. The number of urea groups is 1. The Morgan fingerprint density at radius 3 is 2.54 bits per heavy atom. The predicted molar refractivity (Wildman–Crippen MR) is 108 cm³/mol. The summed E-state index contributed by atoms with van der Waals surface area (Å²) >= 11 is 0. The maximum absolute atomic E-state index is 12.6. The first-order valence-corrected chi connectivity index (χ1v) is 9.70. The second-order valence-electron chi connectivity index (χ2n) is 7.55. The van der Waals surface area contributed by atoms with E-state index < -0.39 is 0 Å². The number of para-hydroxylation sites is 1. The van der Waals surface area contributed by atoms with Crippen LogP contribution >= 0.6 is 0 Å². The lowest BCUT2D eigenvalue weighted by atomic mass is 9.88. The minimum Gasteiger partial charge on any atom is -0.496 e. The molecular weight excluding hydrogens is 356 g/mol. The van der Waals surface area contributed by atoms with E-state index in [1.165, 1.54) is 0 Å². The number of amides is 2. The standard InChI is InChI=1S/C22H26N2O4/c1-27-20-5-3-2-4-19(20)16-6-8-17(9-7-16)23-21(26)24-12-10-22(11-13-24)14-18(25)15-28-22/h2-9,18,25H,10-15H2,1H3,(H,23,26)/t18-/m1/s1. The van der Waals surface area contributed by atoms with Crippen molar-refractivity contribution in [3.05, 3.63) is 48.5 Å². The van der Waals surface area contributed by atoms with Gasteiger partial charge in [-0.05, 0) is 36.6 Å². The number of methoxy groups -OCH3 is 1. The van der Waals surface area contributed by atoms with E-state index in [1.54, 1.807) is 7.11 Å². The van der Waals surface area contributed by atoms with Crippen molar-refractivity contribution in [2.45, 2.75) is 31.0 Å². The molecule has 0 bridgehead atoms. The number of aliphatic hydroxyl groups excluding tert-OH is 1. The molecule has 2 saturated heterocycles. The van der Waals surface area contributed by atoms with Crippen LogP contribution in [-0.2, 0) is 4.74 Å². The number of hydrogen-bond acceptors (Lipinski definition) is 4. The number of likely N-dealkylation sites (tertiary alicyclic amines) is 1. The molecular formula is C22H26N2O4. The Morgan fingerprint density at radius 1 is 1.18 bits per heavy atom. The maximum atomic E-state index is 12.6. The van der Waals surface area contributed by atoms with Crippen molar-refractivity contribution in [1.82, 2.24) is 4.90 Å². The Bertz CT molecular complexity index is 829. The summed E-state index contributed by atoms with van der Waals surface area (Å²) in [5.41, 5.74) is 2.57. The molecule has 2 fully saturated rings. The van der Waals surface area contributed by atoms with Crippen molar-refractivity contribution < 1.29 is 19.4 Å². The molecule has 28 heavy (non-hydrogen) atoms. The molecule has 2 amide bonds. The van der Waals surface area contributed by atoms with Gasteiger partial charge >= 0.3 is 6.03 Å². The summed E-state index contributed by atoms with van der Waals surface area (Å²) in [5, 5.41) is 12.7. The average Bonchev–Trinajstić information content (AvgIpc) is 3.09. The van der Waals surface area contributed by atoms with E-state index in [2.05, 4.69) is 5.32 Å². The lowest BCUT2D eigenvalue weighted by molar-refractivity contribution is -0.0365. The SMILES string of the molecule is COc1ccccc1-c1ccc(NC(=O)N2CCC3(CC2)C[C@@H](O)CO3)cc1. The Morgan fingerprint density at radius 2 is 1.89 bits per heavy atom. The number of aliphatic hydroxyl groups is 1. The minimum absolute atomic E-state index is 0.0987. The highest BCUT2D eigenvalue weighted by Crippen LogP contribution is 2.36. The maximum Gasteiger partial charge on any atom is 0.321 e. The molecule has 2 aromatic carbocycles. The molecule has 0 aliphatic carbocycles. The second kappa shape index (κ2) is 7.81. The van der Waals surface area contributed by atoms with E-state index in [-0.39, 0.29) is 17.7 Å². The van der Waals surface area contributed by atoms with E-state index in [1.807, 2.05) is 53.4 Å². The van der Waals surface area contributed by atoms with Crippen LogP contribution in [0.1, 0.15) is 19.3 Å². The average molecular weight is 382 g/mol. The number of nitrogens with one attached hydrogen (secondary N) is 1. The van der Waals surface area contributed by atoms with Gasteiger partial charge in [0.15, 0.2) is 0 Å². The van der Waals surface area contributed by atoms with Crippen LogP contribution in [0.4, 0.5) is 10.5 Å². The number of benzene rings is 2. The van der Waals surface area contributed by atoms with Crippen LogP contribution in [0.15, 0.2) is 48.5 Å². The van der Waals surface area contributed by atoms with E-state index >= 15 is 0 Å². The number of anilines is 1. The normalized spacial score (nSPS) is 20.9. The van der Waals surface area contributed by atoms with Gasteiger partial charge in [0, 0.05) is 30.8 Å². The summed E-state index contributed by atoms with van der Waals surface area (Å²) in [6.45, 7) is 1.68. The third-order valence-corrected chi connectivity index (χ3v) is 5.71. The summed E-state index contributed by atoms with van der Waals surface area (Å²) in [6.07, 6.45) is 1.84. The Labute approximate surface area is 165 Å². The van der Waals surface area contributed by atoms with Gasteiger partial charge in [0.2, 0.25) is 0 Å². The van der Waals surface area contributed by atoms with E-state index in [4.69, 9.17) is 9.47 Å². The van der Waals surface area contributed by atoms with Crippen molar-refractivity contribution >= 4 is 11.7 Å². The third kappa shape index (κ3) is 3.84. The van der Waals surface area contributed by atoms with Gasteiger partial charge in [-0.25, -0.2) is 4.79 Å². The molecule has 2 aliphatic rings. The van der Waals surface area contributed by atoms with Gasteiger partial charge in [0.25, 0.3) is 0 Å². The van der Waals surface area contributed by atoms with Crippen molar-refractivity contribution in [3.63, 3.8) is 0 Å². The highest BCUT2D eigenvalue weighted by molar-refractivity contribution is 5.89. The molecule has 2 N–H and O–H groups in total. The van der Waals surface area contributed by atoms with Crippen molar-refractivity contribution in [3.8, 4) is 16.9 Å². The van der Waals surface area contributed by atoms with Crippen LogP contribution < -0.4 is 10.1 Å². The lowest BCUT2D eigenvalue weighted by Crippen LogP contribution is -2.47. The number of carbonyl (C=O) groups excluding carboxylic acids is 1. The molecule has 2 aliphatic heterocycles. The van der Waals surface area contributed by atoms with E-state index in [0.717, 1.165) is 35.4 Å². The second-order valence-corrected chi connectivity index (χ2v) is 7.55. The fraction of sp³-hybridized carbons (Fsp3) is 0.409. The molecule has 0 aromatic heterocycles. The van der Waals surface area contributed by atoms with Crippen LogP contribution in [0, 0.1) is 0 Å². The summed E-state index contributed by atoms with van der Waals surface area (Å²) < 4.78 is 11.2. The number of hydrogen-bond donors (Lipinski definition) is 2. The van der Waals surface area contributed by atoms with E-state index in [0.29, 0.717) is 26.1 Å². The van der Waals surface area contributed by atoms with Gasteiger partial charge in [-0.1, -0.05) is 30.3 Å². The number of carbonyl (C=O) groups is 1. The molecule has 0 unspecified atom stereocenters. The molecule has 2 aromatic rings. The van der Waals surface area contributed by atoms with Crippen LogP contribution in [-0.4, -0.2) is 54.5 Å². The molecule has 1 spiro atoms. The Hall–Kier alpha value is -2.57. The largest absolute Gasteiger partial charge is 0.496 e. The molecule has 2 heterocycles. The molecule has 148 valence electrons. The summed E-state index contributed by atoms with van der Waals surface area (Å²) in [7, 11) is 1.66. The van der Waals surface area contributed by atoms with Crippen molar-refractivity contribution in [2.24, 2.45) is 0 Å². The third-order valence-electron chi connectivity index (χ3n) is 5.71. The zero-order chi connectivity index (χ0) is 19.6. The molecule has 0 radical (unpaired) electrons. The minimum atomic E-state index is -0.373. The molecule has 6 nitrogen and oxygen atoms in total. The van der Waals surface area contributed by atoms with Gasteiger partial charge in [-0.2, -0.15) is 0 Å². The Balaban J connectivity index is 1.36. The summed E-state index contributed by atoms with van der Waals surface area (Å²) in [4.78, 5) is 14.4. The number of ether oxygens (including phenoxy) is 2. The van der Waals surface area contributed by atoms with Crippen LogP contribution in [0.2, 0.25) is 0 Å². The van der Waals surface area contributed by atoms with Crippen LogP contribution in [0.3, 0.4) is 0 Å². The molecule has 1 atom stereocenters. The van der Waals surface area contributed by atoms with Crippen LogP contribution in [0.5, 0.6) is 5.75 Å². The topological polar surface area (TPSA) is 71.0 Å². The van der Waals surface area contributed by atoms with Crippen molar-refractivity contribution in [1.29, 1.82) is 0 Å². The van der Waals surface area contributed by atoms with Gasteiger partial charge in [0.1, 0.15) is 5.75 Å². The lowest BCUT2D eigenvalue weighted by Gasteiger charge is -2.38. The fourth-order valence-corrected chi connectivity index (χ4v) is 4.10. The quantitative estimate of drug-likeness (QED) is 0.852. The van der Waals surface area contributed by atoms with Gasteiger partial charge in [0.05, 0.1) is 25.4 Å². The first-order chi connectivity index (χ1) is 13.6. The molecule has 6 heteroatoms. The highest BCUT2D eigenvalue weighted by Gasteiger charge is 2.42. The summed E-state index contributed by atoms with van der Waals surface area (Å²) in [6, 6.07) is 15.5. The monoisotopic (exact) mass is 382 g/mol. The first kappa shape index (κ1) is 18.8. The fourth-order valence-electron chi connectivity index (χ4n) is 4.10. The zero-order valence-corrected chi connectivity index (χ0v) is 16.1.